The lowest BCUT2D eigenvalue weighted by Crippen LogP contribution is -2.29. The molecule has 4 heteroatoms. The maximum absolute atomic E-state index is 13.0. The second kappa shape index (κ2) is 4.34. The minimum atomic E-state index is -0.871. The standard InChI is InChI=1S/C14H15F2NO/c15-12-2-1-8(3-13(12)16)7-17-14(18)11-5-9-4-10(9)6-11/h1-3,9-11H,4-7H2,(H,17,18). The minimum absolute atomic E-state index is 0.0481. The summed E-state index contributed by atoms with van der Waals surface area (Å²) < 4.78 is 25.7. The molecule has 2 aliphatic carbocycles. The molecule has 2 atom stereocenters. The Labute approximate surface area is 104 Å². The van der Waals surface area contributed by atoms with Gasteiger partial charge in [0.25, 0.3) is 0 Å². The summed E-state index contributed by atoms with van der Waals surface area (Å²) in [6.45, 7) is 0.266. The molecule has 2 unspecified atom stereocenters. The number of rotatable bonds is 3. The molecule has 2 nitrogen and oxygen atoms in total. The van der Waals surface area contributed by atoms with Gasteiger partial charge in [-0.1, -0.05) is 6.07 Å². The van der Waals surface area contributed by atoms with Crippen LogP contribution in [0.2, 0.25) is 0 Å². The zero-order chi connectivity index (χ0) is 12.7. The van der Waals surface area contributed by atoms with Gasteiger partial charge < -0.3 is 5.32 Å². The molecule has 0 spiro atoms. The lowest BCUT2D eigenvalue weighted by Gasteiger charge is -2.12. The molecule has 2 aliphatic rings. The van der Waals surface area contributed by atoms with E-state index in [-0.39, 0.29) is 18.4 Å². The first-order chi connectivity index (χ1) is 8.63. The van der Waals surface area contributed by atoms with Gasteiger partial charge in [0.15, 0.2) is 11.6 Å². The molecule has 2 saturated carbocycles. The fourth-order valence-electron chi connectivity index (χ4n) is 2.91. The molecule has 0 aromatic heterocycles. The van der Waals surface area contributed by atoms with Gasteiger partial charge in [-0.05, 0) is 48.8 Å². The largest absolute Gasteiger partial charge is 0.352 e. The van der Waals surface area contributed by atoms with E-state index in [1.54, 1.807) is 0 Å². The Morgan fingerprint density at radius 1 is 1.17 bits per heavy atom. The number of carbonyl (C=O) groups is 1. The van der Waals surface area contributed by atoms with Crippen LogP contribution in [-0.4, -0.2) is 5.91 Å². The first kappa shape index (κ1) is 11.6. The highest BCUT2D eigenvalue weighted by molar-refractivity contribution is 5.79. The summed E-state index contributed by atoms with van der Waals surface area (Å²) in [6, 6.07) is 3.70. The van der Waals surface area contributed by atoms with E-state index in [9.17, 15) is 13.6 Å². The third-order valence-corrected chi connectivity index (χ3v) is 4.07. The zero-order valence-electron chi connectivity index (χ0n) is 9.96. The molecular formula is C14H15F2NO. The fourth-order valence-corrected chi connectivity index (χ4v) is 2.91. The van der Waals surface area contributed by atoms with Crippen molar-refractivity contribution in [2.45, 2.75) is 25.8 Å². The van der Waals surface area contributed by atoms with Gasteiger partial charge in [0.2, 0.25) is 5.91 Å². The number of nitrogens with one attached hydrogen (secondary N) is 1. The van der Waals surface area contributed by atoms with E-state index < -0.39 is 11.6 Å². The molecule has 2 fully saturated rings. The van der Waals surface area contributed by atoms with E-state index in [0.29, 0.717) is 5.56 Å². The number of fused-ring (bicyclic) bond motifs is 1. The highest BCUT2D eigenvalue weighted by Gasteiger charge is 2.47. The van der Waals surface area contributed by atoms with Crippen molar-refractivity contribution < 1.29 is 13.6 Å². The molecule has 1 aromatic carbocycles. The van der Waals surface area contributed by atoms with Crippen molar-refractivity contribution in [1.29, 1.82) is 0 Å². The van der Waals surface area contributed by atoms with E-state index in [1.165, 1.54) is 12.5 Å². The summed E-state index contributed by atoms with van der Waals surface area (Å²) in [5.41, 5.74) is 0.588. The van der Waals surface area contributed by atoms with Crippen molar-refractivity contribution in [3.8, 4) is 0 Å². The highest BCUT2D eigenvalue weighted by Crippen LogP contribution is 2.54. The van der Waals surface area contributed by atoms with E-state index >= 15 is 0 Å². The average molecular weight is 251 g/mol. The molecular weight excluding hydrogens is 236 g/mol. The lowest BCUT2D eigenvalue weighted by molar-refractivity contribution is -0.125. The van der Waals surface area contributed by atoms with Crippen LogP contribution in [-0.2, 0) is 11.3 Å². The molecule has 1 aromatic rings. The van der Waals surface area contributed by atoms with Crippen molar-refractivity contribution in [3.63, 3.8) is 0 Å². The van der Waals surface area contributed by atoms with Crippen molar-refractivity contribution in [1.82, 2.24) is 5.32 Å². The van der Waals surface area contributed by atoms with Crippen LogP contribution >= 0.6 is 0 Å². The maximum Gasteiger partial charge on any atom is 0.223 e. The molecule has 1 amide bonds. The Bertz CT molecular complexity index is 479. The van der Waals surface area contributed by atoms with Crippen LogP contribution in [0.25, 0.3) is 0 Å². The van der Waals surface area contributed by atoms with Crippen LogP contribution in [0.3, 0.4) is 0 Å². The van der Waals surface area contributed by atoms with Gasteiger partial charge in [-0.2, -0.15) is 0 Å². The Morgan fingerprint density at radius 2 is 1.89 bits per heavy atom. The maximum atomic E-state index is 13.0. The SMILES string of the molecule is O=C(NCc1ccc(F)c(F)c1)C1CC2CC2C1. The second-order valence-corrected chi connectivity index (χ2v) is 5.39. The van der Waals surface area contributed by atoms with Crippen LogP contribution in [0.1, 0.15) is 24.8 Å². The molecule has 0 heterocycles. The average Bonchev–Trinajstić information content (AvgIpc) is 2.97. The zero-order valence-corrected chi connectivity index (χ0v) is 9.96. The van der Waals surface area contributed by atoms with Crippen molar-refractivity contribution >= 4 is 5.91 Å². The van der Waals surface area contributed by atoms with Crippen molar-refractivity contribution in [2.24, 2.45) is 17.8 Å². The Balaban J connectivity index is 1.54. The topological polar surface area (TPSA) is 29.1 Å². The van der Waals surface area contributed by atoms with Crippen LogP contribution in [0.4, 0.5) is 8.78 Å². The van der Waals surface area contributed by atoms with Crippen LogP contribution in [0.5, 0.6) is 0 Å². The van der Waals surface area contributed by atoms with E-state index in [4.69, 9.17) is 0 Å². The third kappa shape index (κ3) is 2.24. The number of amides is 1. The summed E-state index contributed by atoms with van der Waals surface area (Å²) in [5, 5.41) is 2.80. The van der Waals surface area contributed by atoms with Gasteiger partial charge in [-0.15, -0.1) is 0 Å². The molecule has 96 valence electrons. The smallest absolute Gasteiger partial charge is 0.223 e. The van der Waals surface area contributed by atoms with Gasteiger partial charge in [-0.25, -0.2) is 8.78 Å². The van der Waals surface area contributed by atoms with E-state index in [2.05, 4.69) is 5.32 Å². The van der Waals surface area contributed by atoms with Gasteiger partial charge in [0.05, 0.1) is 0 Å². The number of hydrogen-bond acceptors (Lipinski definition) is 1. The van der Waals surface area contributed by atoms with Crippen LogP contribution < -0.4 is 5.32 Å². The minimum Gasteiger partial charge on any atom is -0.352 e. The second-order valence-electron chi connectivity index (χ2n) is 5.39. The number of hydrogen-bond donors (Lipinski definition) is 1. The van der Waals surface area contributed by atoms with Crippen molar-refractivity contribution in [3.05, 3.63) is 35.4 Å². The quantitative estimate of drug-likeness (QED) is 0.879. The Morgan fingerprint density at radius 3 is 2.56 bits per heavy atom. The molecule has 0 bridgehead atoms. The normalized spacial score (nSPS) is 28.9. The highest BCUT2D eigenvalue weighted by atomic mass is 19.2. The predicted molar refractivity (Wildman–Crippen MR) is 62.5 cm³/mol. The predicted octanol–water partition coefficient (Wildman–Crippen LogP) is 2.63. The van der Waals surface area contributed by atoms with E-state index in [0.717, 1.165) is 36.8 Å². The Hall–Kier alpha value is -1.45. The molecule has 0 aliphatic heterocycles. The molecule has 1 N–H and O–H groups in total. The molecule has 0 radical (unpaired) electrons. The summed E-state index contributed by atoms with van der Waals surface area (Å²) in [7, 11) is 0. The molecule has 3 rings (SSSR count). The van der Waals surface area contributed by atoms with Gasteiger partial charge in [-0.3, -0.25) is 4.79 Å². The lowest BCUT2D eigenvalue weighted by atomic mass is 10.0. The van der Waals surface area contributed by atoms with Gasteiger partial charge in [0, 0.05) is 12.5 Å². The number of carbonyl (C=O) groups excluding carboxylic acids is 1. The summed E-state index contributed by atoms with van der Waals surface area (Å²) >= 11 is 0. The third-order valence-electron chi connectivity index (χ3n) is 4.07. The van der Waals surface area contributed by atoms with Crippen LogP contribution in [0.15, 0.2) is 18.2 Å². The number of benzene rings is 1. The first-order valence-corrected chi connectivity index (χ1v) is 6.35. The number of halogens is 2. The van der Waals surface area contributed by atoms with Gasteiger partial charge in [0.1, 0.15) is 0 Å². The first-order valence-electron chi connectivity index (χ1n) is 6.35. The van der Waals surface area contributed by atoms with Gasteiger partial charge >= 0.3 is 0 Å². The molecule has 0 saturated heterocycles. The monoisotopic (exact) mass is 251 g/mol. The van der Waals surface area contributed by atoms with E-state index in [1.807, 2.05) is 0 Å². The van der Waals surface area contributed by atoms with Crippen LogP contribution in [0, 0.1) is 29.4 Å². The summed E-state index contributed by atoms with van der Waals surface area (Å²) in [4.78, 5) is 11.9. The van der Waals surface area contributed by atoms with Crippen molar-refractivity contribution in [2.75, 3.05) is 0 Å². The fraction of sp³-hybridized carbons (Fsp3) is 0.500. The summed E-state index contributed by atoms with van der Waals surface area (Å²) in [5.74, 6) is -0.0242. The summed E-state index contributed by atoms with van der Waals surface area (Å²) in [6.07, 6.45) is 3.27. The Kier molecular flexibility index (Phi) is 2.80. The molecule has 18 heavy (non-hydrogen) atoms.